The summed E-state index contributed by atoms with van der Waals surface area (Å²) in [6.45, 7) is 5.78. The highest BCUT2D eigenvalue weighted by atomic mass is 35.5. The number of rotatable bonds is 8. The van der Waals surface area contributed by atoms with Gasteiger partial charge in [0.05, 0.1) is 30.5 Å². The molecule has 1 atom stereocenters. The molecule has 6 nitrogen and oxygen atoms in total. The first-order chi connectivity index (χ1) is 15.6. The summed E-state index contributed by atoms with van der Waals surface area (Å²) in [4.78, 5) is 19.3. The van der Waals surface area contributed by atoms with Crippen LogP contribution in [0.25, 0.3) is 11.3 Å². The standard InChI is InChI=1S/C25H28ClN3O3/c1-18-6-8-19(9-7-18)22(29-12-14-31-15-13-29)16-27-24(30)10-11-25-28-17-23(32-25)20-4-2-3-5-21(20)26/h2-9,17,22H,10-16H2,1H3,(H,27,30). The monoisotopic (exact) mass is 453 g/mol. The second kappa shape index (κ2) is 10.8. The number of amides is 1. The molecular weight excluding hydrogens is 426 g/mol. The minimum absolute atomic E-state index is 0.0205. The zero-order chi connectivity index (χ0) is 22.3. The van der Waals surface area contributed by atoms with Crippen LogP contribution in [0.15, 0.2) is 59.1 Å². The van der Waals surface area contributed by atoms with Crippen molar-refractivity contribution in [3.8, 4) is 11.3 Å². The van der Waals surface area contributed by atoms with Crippen molar-refractivity contribution in [2.24, 2.45) is 0 Å². The van der Waals surface area contributed by atoms with Crippen LogP contribution in [0.4, 0.5) is 0 Å². The molecule has 0 bridgehead atoms. The number of hydrogen-bond donors (Lipinski definition) is 1. The number of aromatic nitrogens is 1. The van der Waals surface area contributed by atoms with Crippen LogP contribution in [0.5, 0.6) is 0 Å². The predicted octanol–water partition coefficient (Wildman–Crippen LogP) is 4.43. The molecule has 1 fully saturated rings. The number of ether oxygens (including phenoxy) is 1. The first-order valence-electron chi connectivity index (χ1n) is 10.9. The first-order valence-corrected chi connectivity index (χ1v) is 11.3. The molecule has 1 aliphatic rings. The third-order valence-electron chi connectivity index (χ3n) is 5.70. The quantitative estimate of drug-likeness (QED) is 0.546. The van der Waals surface area contributed by atoms with Crippen molar-refractivity contribution in [2.45, 2.75) is 25.8 Å². The van der Waals surface area contributed by atoms with Crippen LogP contribution < -0.4 is 5.32 Å². The number of hydrogen-bond acceptors (Lipinski definition) is 5. The van der Waals surface area contributed by atoms with Crippen molar-refractivity contribution >= 4 is 17.5 Å². The van der Waals surface area contributed by atoms with E-state index in [2.05, 4.69) is 46.4 Å². The lowest BCUT2D eigenvalue weighted by Gasteiger charge is -2.35. The number of oxazole rings is 1. The second-order valence-corrected chi connectivity index (χ2v) is 8.38. The highest BCUT2D eigenvalue weighted by Gasteiger charge is 2.23. The molecule has 0 saturated carbocycles. The maximum Gasteiger partial charge on any atom is 0.220 e. The summed E-state index contributed by atoms with van der Waals surface area (Å²) in [5.74, 6) is 1.11. The fourth-order valence-electron chi connectivity index (χ4n) is 3.87. The van der Waals surface area contributed by atoms with Gasteiger partial charge in [-0.2, -0.15) is 0 Å². The Hall–Kier alpha value is -2.67. The topological polar surface area (TPSA) is 67.6 Å². The normalized spacial score (nSPS) is 15.4. The number of carbonyl (C=O) groups excluding carboxylic acids is 1. The number of nitrogens with one attached hydrogen (secondary N) is 1. The Labute approximate surface area is 193 Å². The molecule has 2 aromatic carbocycles. The molecule has 0 radical (unpaired) electrons. The van der Waals surface area contributed by atoms with E-state index in [1.807, 2.05) is 24.3 Å². The van der Waals surface area contributed by atoms with Crippen LogP contribution in [0.2, 0.25) is 5.02 Å². The van der Waals surface area contributed by atoms with Gasteiger partial charge in [-0.3, -0.25) is 9.69 Å². The van der Waals surface area contributed by atoms with Crippen LogP contribution in [-0.2, 0) is 16.0 Å². The largest absolute Gasteiger partial charge is 0.441 e. The number of carbonyl (C=O) groups is 1. The Kier molecular flexibility index (Phi) is 7.58. The third-order valence-corrected chi connectivity index (χ3v) is 6.03. The van der Waals surface area contributed by atoms with Gasteiger partial charge in [-0.15, -0.1) is 0 Å². The molecule has 1 N–H and O–H groups in total. The summed E-state index contributed by atoms with van der Waals surface area (Å²) < 4.78 is 11.3. The van der Waals surface area contributed by atoms with E-state index in [0.29, 0.717) is 49.3 Å². The lowest BCUT2D eigenvalue weighted by molar-refractivity contribution is -0.121. The van der Waals surface area contributed by atoms with E-state index in [9.17, 15) is 4.79 Å². The molecule has 0 spiro atoms. The van der Waals surface area contributed by atoms with Gasteiger partial charge >= 0.3 is 0 Å². The van der Waals surface area contributed by atoms with Gasteiger partial charge < -0.3 is 14.5 Å². The zero-order valence-electron chi connectivity index (χ0n) is 18.2. The molecule has 3 aromatic rings. The minimum atomic E-state index is -0.0205. The lowest BCUT2D eigenvalue weighted by Crippen LogP contribution is -2.43. The summed E-state index contributed by atoms with van der Waals surface area (Å²) in [5, 5.41) is 3.71. The molecule has 32 heavy (non-hydrogen) atoms. The Morgan fingerprint density at radius 1 is 1.16 bits per heavy atom. The van der Waals surface area contributed by atoms with Crippen LogP contribution in [0, 0.1) is 6.92 Å². The van der Waals surface area contributed by atoms with E-state index in [1.165, 1.54) is 11.1 Å². The predicted molar refractivity (Wildman–Crippen MR) is 125 cm³/mol. The van der Waals surface area contributed by atoms with E-state index in [0.717, 1.165) is 18.7 Å². The Balaban J connectivity index is 1.33. The van der Waals surface area contributed by atoms with Crippen LogP contribution in [0.3, 0.4) is 0 Å². The number of halogens is 1. The summed E-state index contributed by atoms with van der Waals surface area (Å²) in [7, 11) is 0. The Bertz CT molecular complexity index is 1030. The van der Waals surface area contributed by atoms with Crippen molar-refractivity contribution in [3.05, 3.63) is 76.8 Å². The van der Waals surface area contributed by atoms with Crippen molar-refractivity contribution in [3.63, 3.8) is 0 Å². The molecule has 2 heterocycles. The van der Waals surface area contributed by atoms with Crippen molar-refractivity contribution < 1.29 is 13.9 Å². The maximum absolute atomic E-state index is 12.6. The van der Waals surface area contributed by atoms with Gasteiger partial charge in [-0.1, -0.05) is 53.6 Å². The summed E-state index contributed by atoms with van der Waals surface area (Å²) in [5.41, 5.74) is 3.22. The van der Waals surface area contributed by atoms with Gasteiger partial charge in [-0.05, 0) is 24.6 Å². The molecular formula is C25H28ClN3O3. The van der Waals surface area contributed by atoms with E-state index in [1.54, 1.807) is 6.20 Å². The molecule has 1 amide bonds. The Morgan fingerprint density at radius 2 is 1.91 bits per heavy atom. The van der Waals surface area contributed by atoms with Crippen molar-refractivity contribution in [1.82, 2.24) is 15.2 Å². The average molecular weight is 454 g/mol. The SMILES string of the molecule is Cc1ccc(C(CNC(=O)CCc2ncc(-c3ccccc3Cl)o2)N2CCOCC2)cc1. The first kappa shape index (κ1) is 22.5. The average Bonchev–Trinajstić information content (AvgIpc) is 3.29. The van der Waals surface area contributed by atoms with Gasteiger partial charge in [-0.25, -0.2) is 4.98 Å². The molecule has 1 aliphatic heterocycles. The third kappa shape index (κ3) is 5.76. The van der Waals surface area contributed by atoms with E-state index < -0.39 is 0 Å². The fraction of sp³-hybridized carbons (Fsp3) is 0.360. The highest BCUT2D eigenvalue weighted by molar-refractivity contribution is 6.33. The molecule has 168 valence electrons. The van der Waals surface area contributed by atoms with Gasteiger partial charge in [0.15, 0.2) is 11.7 Å². The minimum Gasteiger partial charge on any atom is -0.441 e. The van der Waals surface area contributed by atoms with Crippen LogP contribution in [0.1, 0.15) is 29.5 Å². The molecule has 7 heteroatoms. The highest BCUT2D eigenvalue weighted by Crippen LogP contribution is 2.28. The molecule has 0 aliphatic carbocycles. The van der Waals surface area contributed by atoms with Crippen molar-refractivity contribution in [2.75, 3.05) is 32.8 Å². The zero-order valence-corrected chi connectivity index (χ0v) is 19.0. The van der Waals surface area contributed by atoms with Gasteiger partial charge in [0.25, 0.3) is 0 Å². The number of morpholine rings is 1. The molecule has 1 unspecified atom stereocenters. The van der Waals surface area contributed by atoms with Gasteiger partial charge in [0.1, 0.15) is 0 Å². The fourth-order valence-corrected chi connectivity index (χ4v) is 4.10. The van der Waals surface area contributed by atoms with Crippen LogP contribution in [-0.4, -0.2) is 48.6 Å². The van der Waals surface area contributed by atoms with E-state index >= 15 is 0 Å². The molecule has 1 saturated heterocycles. The maximum atomic E-state index is 12.6. The van der Waals surface area contributed by atoms with E-state index in [-0.39, 0.29) is 11.9 Å². The summed E-state index contributed by atoms with van der Waals surface area (Å²) in [6, 6.07) is 16.1. The lowest BCUT2D eigenvalue weighted by atomic mass is 10.0. The Morgan fingerprint density at radius 3 is 2.66 bits per heavy atom. The molecule has 1 aromatic heterocycles. The van der Waals surface area contributed by atoms with Crippen molar-refractivity contribution in [1.29, 1.82) is 0 Å². The number of aryl methyl sites for hydroxylation is 2. The summed E-state index contributed by atoms with van der Waals surface area (Å²) in [6.07, 6.45) is 2.40. The van der Waals surface area contributed by atoms with Gasteiger partial charge in [0, 0.05) is 38.0 Å². The summed E-state index contributed by atoms with van der Waals surface area (Å²) >= 11 is 6.23. The second-order valence-electron chi connectivity index (χ2n) is 7.98. The number of benzene rings is 2. The smallest absolute Gasteiger partial charge is 0.220 e. The number of nitrogens with zero attached hydrogens (tertiary/aromatic N) is 2. The molecule has 4 rings (SSSR count). The van der Waals surface area contributed by atoms with Crippen LogP contribution >= 0.6 is 11.6 Å². The van der Waals surface area contributed by atoms with Gasteiger partial charge in [0.2, 0.25) is 5.91 Å². The van der Waals surface area contributed by atoms with E-state index in [4.69, 9.17) is 20.8 Å².